The van der Waals surface area contributed by atoms with Crippen molar-refractivity contribution >= 4 is 15.8 Å². The zero-order valence-corrected chi connectivity index (χ0v) is 20.5. The monoisotopic (exact) mass is 519 g/mol. The Hall–Kier alpha value is -3.77. The number of carbonyl (C=O) groups is 1. The lowest BCUT2D eigenvalue weighted by molar-refractivity contribution is -0.757. The first-order valence-electron chi connectivity index (χ1n) is 10.9. The van der Waals surface area contributed by atoms with Gasteiger partial charge in [-0.3, -0.25) is 0 Å². The van der Waals surface area contributed by atoms with Crippen LogP contribution in [0.4, 0.5) is 4.39 Å². The Bertz CT molecular complexity index is 1370. The lowest BCUT2D eigenvalue weighted by atomic mass is 9.85. The standard InChI is InChI=1S/C24H26FN3O7S/c1-16-21(24(26,23(29)30)13-3-4-14-35-28(31)32)15-22(27(16)19-9-7-18(25)8-10-19)17-5-11-20(12-6-17)36(2,33)34/h5-12,15H,3-4,13-14,26H2,1-2H3,(H,29,30). The molecule has 0 saturated heterocycles. The van der Waals surface area contributed by atoms with Gasteiger partial charge in [0.25, 0.3) is 5.09 Å². The molecule has 1 heterocycles. The maximum atomic E-state index is 13.6. The predicted octanol–water partition coefficient (Wildman–Crippen LogP) is 3.61. The van der Waals surface area contributed by atoms with E-state index >= 15 is 0 Å². The molecule has 0 aliphatic carbocycles. The summed E-state index contributed by atoms with van der Waals surface area (Å²) in [4.78, 5) is 27.1. The Morgan fingerprint density at radius 2 is 1.78 bits per heavy atom. The van der Waals surface area contributed by atoms with Crippen LogP contribution in [0, 0.1) is 22.9 Å². The van der Waals surface area contributed by atoms with E-state index in [1.165, 1.54) is 36.4 Å². The van der Waals surface area contributed by atoms with Crippen LogP contribution in [0.15, 0.2) is 59.5 Å². The van der Waals surface area contributed by atoms with Crippen molar-refractivity contribution < 1.29 is 32.6 Å². The van der Waals surface area contributed by atoms with Crippen molar-refractivity contribution in [3.05, 3.63) is 81.8 Å². The number of aromatic nitrogens is 1. The molecule has 1 aromatic heterocycles. The van der Waals surface area contributed by atoms with Gasteiger partial charge < -0.3 is 20.2 Å². The number of sulfone groups is 1. The van der Waals surface area contributed by atoms with Gasteiger partial charge in [0.05, 0.1) is 17.2 Å². The maximum Gasteiger partial charge on any atom is 0.328 e. The van der Waals surface area contributed by atoms with Gasteiger partial charge in [-0.15, -0.1) is 10.1 Å². The van der Waals surface area contributed by atoms with Crippen molar-refractivity contribution in [2.45, 2.75) is 36.6 Å². The van der Waals surface area contributed by atoms with E-state index in [0.717, 1.165) is 6.26 Å². The Morgan fingerprint density at radius 3 is 2.31 bits per heavy atom. The van der Waals surface area contributed by atoms with E-state index in [9.17, 15) is 32.8 Å². The van der Waals surface area contributed by atoms with Crippen molar-refractivity contribution in [1.29, 1.82) is 0 Å². The Kier molecular flexibility index (Phi) is 7.80. The second-order valence-electron chi connectivity index (χ2n) is 8.43. The number of carboxylic acid groups (broad SMARTS) is 1. The van der Waals surface area contributed by atoms with Crippen LogP contribution in [-0.2, 0) is 25.0 Å². The molecule has 3 aromatic rings. The Morgan fingerprint density at radius 1 is 1.17 bits per heavy atom. The van der Waals surface area contributed by atoms with E-state index in [1.807, 2.05) is 0 Å². The summed E-state index contributed by atoms with van der Waals surface area (Å²) in [6.45, 7) is 1.50. The lowest BCUT2D eigenvalue weighted by Gasteiger charge is -2.25. The van der Waals surface area contributed by atoms with Gasteiger partial charge in [-0.25, -0.2) is 17.6 Å². The smallest absolute Gasteiger partial charge is 0.328 e. The summed E-state index contributed by atoms with van der Waals surface area (Å²) in [5, 5.41) is 19.5. The van der Waals surface area contributed by atoms with Crippen LogP contribution in [-0.4, -0.2) is 42.0 Å². The van der Waals surface area contributed by atoms with Gasteiger partial charge in [0, 0.05) is 23.2 Å². The average molecular weight is 520 g/mol. The molecule has 0 amide bonds. The average Bonchev–Trinajstić information content (AvgIpc) is 3.16. The quantitative estimate of drug-likeness (QED) is 0.221. The summed E-state index contributed by atoms with van der Waals surface area (Å²) in [7, 11) is -3.43. The fourth-order valence-corrected chi connectivity index (χ4v) is 4.70. The summed E-state index contributed by atoms with van der Waals surface area (Å²) in [6.07, 6.45) is 1.54. The minimum atomic E-state index is -3.43. The number of benzene rings is 2. The first-order valence-corrected chi connectivity index (χ1v) is 12.8. The molecule has 0 bridgehead atoms. The van der Waals surface area contributed by atoms with Gasteiger partial charge in [-0.1, -0.05) is 12.1 Å². The number of hydrogen-bond acceptors (Lipinski definition) is 7. The maximum absolute atomic E-state index is 13.6. The van der Waals surface area contributed by atoms with Crippen molar-refractivity contribution in [2.24, 2.45) is 5.73 Å². The minimum absolute atomic E-state index is 0.0237. The molecule has 10 nitrogen and oxygen atoms in total. The second kappa shape index (κ2) is 10.5. The Labute approximate surface area is 207 Å². The van der Waals surface area contributed by atoms with Crippen LogP contribution in [0.25, 0.3) is 16.9 Å². The number of halogens is 1. The number of unbranched alkanes of at least 4 members (excludes halogenated alkanes) is 1. The van der Waals surface area contributed by atoms with E-state index in [1.54, 1.807) is 29.7 Å². The van der Waals surface area contributed by atoms with Crippen LogP contribution < -0.4 is 5.73 Å². The van der Waals surface area contributed by atoms with Crippen LogP contribution in [0.3, 0.4) is 0 Å². The highest BCUT2D eigenvalue weighted by Gasteiger charge is 2.39. The van der Waals surface area contributed by atoms with Gasteiger partial charge in [-0.05, 0) is 74.2 Å². The molecule has 3 N–H and O–H groups in total. The number of hydrogen-bond donors (Lipinski definition) is 2. The minimum Gasteiger partial charge on any atom is -0.480 e. The number of aliphatic carboxylic acids is 1. The highest BCUT2D eigenvalue weighted by atomic mass is 32.2. The molecule has 36 heavy (non-hydrogen) atoms. The highest BCUT2D eigenvalue weighted by Crippen LogP contribution is 2.36. The van der Waals surface area contributed by atoms with Crippen molar-refractivity contribution in [3.63, 3.8) is 0 Å². The molecule has 2 aromatic carbocycles. The van der Waals surface area contributed by atoms with Crippen LogP contribution >= 0.6 is 0 Å². The van der Waals surface area contributed by atoms with E-state index in [-0.39, 0.29) is 30.8 Å². The van der Waals surface area contributed by atoms with Crippen LogP contribution in [0.2, 0.25) is 0 Å². The molecule has 0 aliphatic heterocycles. The fourth-order valence-electron chi connectivity index (χ4n) is 4.07. The normalized spacial score (nSPS) is 13.2. The highest BCUT2D eigenvalue weighted by molar-refractivity contribution is 7.90. The molecule has 0 aliphatic rings. The molecule has 3 rings (SSSR count). The van der Waals surface area contributed by atoms with E-state index in [2.05, 4.69) is 4.84 Å². The molecular formula is C24H26FN3O7S. The zero-order chi connectivity index (χ0) is 26.7. The summed E-state index contributed by atoms with van der Waals surface area (Å²) < 4.78 is 39.1. The summed E-state index contributed by atoms with van der Waals surface area (Å²) in [5.74, 6) is -1.73. The SMILES string of the molecule is Cc1c(C(N)(CCCCO[N+](=O)[O-])C(=O)O)cc(-c2ccc(S(C)(=O)=O)cc2)n1-c1ccc(F)cc1. The topological polar surface area (TPSA) is 155 Å². The lowest BCUT2D eigenvalue weighted by Crippen LogP contribution is -2.45. The van der Waals surface area contributed by atoms with E-state index < -0.39 is 32.2 Å². The van der Waals surface area contributed by atoms with Gasteiger partial charge in [0.15, 0.2) is 9.84 Å². The number of nitrogens with zero attached hydrogens (tertiary/aromatic N) is 2. The predicted molar refractivity (Wildman–Crippen MR) is 129 cm³/mol. The van der Waals surface area contributed by atoms with Gasteiger partial charge in [0.1, 0.15) is 11.4 Å². The molecule has 0 radical (unpaired) electrons. The summed E-state index contributed by atoms with van der Waals surface area (Å²) in [5.41, 5.74) is 7.06. The third-order valence-electron chi connectivity index (χ3n) is 5.93. The number of nitrogens with two attached hydrogens (primary N) is 1. The third-order valence-corrected chi connectivity index (χ3v) is 7.06. The van der Waals surface area contributed by atoms with Crippen LogP contribution in [0.1, 0.15) is 30.5 Å². The molecule has 1 atom stereocenters. The van der Waals surface area contributed by atoms with E-state index in [4.69, 9.17) is 5.73 Å². The Balaban J connectivity index is 2.11. The molecule has 0 fully saturated rings. The van der Waals surface area contributed by atoms with Gasteiger partial charge in [-0.2, -0.15) is 0 Å². The second-order valence-corrected chi connectivity index (χ2v) is 10.4. The van der Waals surface area contributed by atoms with Gasteiger partial charge >= 0.3 is 5.97 Å². The van der Waals surface area contributed by atoms with Crippen molar-refractivity contribution in [1.82, 2.24) is 4.57 Å². The summed E-state index contributed by atoms with van der Waals surface area (Å²) in [6, 6.07) is 13.3. The van der Waals surface area contributed by atoms with E-state index in [0.29, 0.717) is 28.2 Å². The summed E-state index contributed by atoms with van der Waals surface area (Å²) >= 11 is 0. The molecule has 192 valence electrons. The molecule has 12 heteroatoms. The van der Waals surface area contributed by atoms with Crippen LogP contribution in [0.5, 0.6) is 0 Å². The molecular weight excluding hydrogens is 493 g/mol. The van der Waals surface area contributed by atoms with Crippen molar-refractivity contribution in [3.8, 4) is 16.9 Å². The number of rotatable bonds is 11. The zero-order valence-electron chi connectivity index (χ0n) is 19.7. The number of carboxylic acids is 1. The largest absolute Gasteiger partial charge is 0.480 e. The first kappa shape index (κ1) is 26.8. The van der Waals surface area contributed by atoms with Crippen molar-refractivity contribution in [2.75, 3.05) is 12.9 Å². The molecule has 0 saturated carbocycles. The third kappa shape index (κ3) is 5.71. The molecule has 1 unspecified atom stereocenters. The van der Waals surface area contributed by atoms with Gasteiger partial charge in [0.2, 0.25) is 0 Å². The fraction of sp³-hybridized carbons (Fsp3) is 0.292. The first-order chi connectivity index (χ1) is 16.8. The molecule has 0 spiro atoms.